The molecular formula is C12H23Cl2F3N2. The molecule has 1 saturated heterocycles. The first-order valence-corrected chi connectivity index (χ1v) is 6.60. The predicted molar refractivity (Wildman–Crippen MR) is 75.4 cm³/mol. The number of nitrogens with zero attached hydrogens (tertiary/aromatic N) is 1. The molecule has 116 valence electrons. The lowest BCUT2D eigenvalue weighted by molar-refractivity contribution is -0.202. The van der Waals surface area contributed by atoms with E-state index in [2.05, 4.69) is 5.32 Å². The minimum Gasteiger partial charge on any atom is -0.314 e. The summed E-state index contributed by atoms with van der Waals surface area (Å²) in [6.07, 6.45) is 0.441. The highest BCUT2D eigenvalue weighted by Crippen LogP contribution is 2.37. The number of alkyl halides is 3. The Hall–Kier alpha value is 0.290. The van der Waals surface area contributed by atoms with Crippen molar-refractivity contribution < 1.29 is 13.2 Å². The van der Waals surface area contributed by atoms with E-state index in [9.17, 15) is 13.2 Å². The average Bonchev–Trinajstić information content (AvgIpc) is 2.30. The molecule has 1 saturated carbocycles. The SMILES string of the molecule is Cl.Cl.FC(F)(F)[C@@H](C1CCCCC1)N1CCNCC1. The summed E-state index contributed by atoms with van der Waals surface area (Å²) >= 11 is 0. The van der Waals surface area contributed by atoms with Crippen molar-refractivity contribution in [3.05, 3.63) is 0 Å². The van der Waals surface area contributed by atoms with Gasteiger partial charge < -0.3 is 5.32 Å². The minimum absolute atomic E-state index is 0. The van der Waals surface area contributed by atoms with E-state index >= 15 is 0 Å². The van der Waals surface area contributed by atoms with Crippen LogP contribution in [-0.2, 0) is 0 Å². The zero-order valence-corrected chi connectivity index (χ0v) is 12.5. The maximum Gasteiger partial charge on any atom is 0.404 e. The summed E-state index contributed by atoms with van der Waals surface area (Å²) in [5, 5.41) is 3.11. The van der Waals surface area contributed by atoms with E-state index in [1.54, 1.807) is 4.90 Å². The largest absolute Gasteiger partial charge is 0.404 e. The highest BCUT2D eigenvalue weighted by Gasteiger charge is 2.48. The molecule has 19 heavy (non-hydrogen) atoms. The van der Waals surface area contributed by atoms with Crippen LogP contribution in [0.4, 0.5) is 13.2 Å². The van der Waals surface area contributed by atoms with Crippen LogP contribution in [0.1, 0.15) is 32.1 Å². The predicted octanol–water partition coefficient (Wildman–Crippen LogP) is 3.25. The van der Waals surface area contributed by atoms with E-state index < -0.39 is 12.2 Å². The first kappa shape index (κ1) is 19.3. The second kappa shape index (κ2) is 8.55. The summed E-state index contributed by atoms with van der Waals surface area (Å²) < 4.78 is 39.7. The van der Waals surface area contributed by atoms with E-state index in [0.29, 0.717) is 26.2 Å². The molecular weight excluding hydrogens is 300 g/mol. The summed E-state index contributed by atoms with van der Waals surface area (Å²) in [4.78, 5) is 1.65. The number of hydrogen-bond donors (Lipinski definition) is 1. The zero-order chi connectivity index (χ0) is 12.3. The molecule has 7 heteroatoms. The Balaban J connectivity index is 0.00000162. The molecule has 2 rings (SSSR count). The van der Waals surface area contributed by atoms with Crippen LogP contribution in [-0.4, -0.2) is 43.3 Å². The van der Waals surface area contributed by atoms with Gasteiger partial charge in [-0.1, -0.05) is 19.3 Å². The van der Waals surface area contributed by atoms with Gasteiger partial charge in [0.2, 0.25) is 0 Å². The van der Waals surface area contributed by atoms with Crippen molar-refractivity contribution in [2.24, 2.45) is 5.92 Å². The van der Waals surface area contributed by atoms with E-state index in [4.69, 9.17) is 0 Å². The number of nitrogens with one attached hydrogen (secondary N) is 1. The van der Waals surface area contributed by atoms with E-state index in [0.717, 1.165) is 32.1 Å². The third-order valence-electron chi connectivity index (χ3n) is 3.98. The molecule has 1 atom stereocenters. The fraction of sp³-hybridized carbons (Fsp3) is 1.00. The monoisotopic (exact) mass is 322 g/mol. The van der Waals surface area contributed by atoms with E-state index in [1.165, 1.54) is 0 Å². The van der Waals surface area contributed by atoms with Gasteiger partial charge in [0.15, 0.2) is 0 Å². The second-order valence-electron chi connectivity index (χ2n) is 5.17. The molecule has 1 N–H and O–H groups in total. The second-order valence-corrected chi connectivity index (χ2v) is 5.17. The number of hydrogen-bond acceptors (Lipinski definition) is 2. The highest BCUT2D eigenvalue weighted by atomic mass is 35.5. The van der Waals surface area contributed by atoms with Gasteiger partial charge in [0.1, 0.15) is 6.04 Å². The van der Waals surface area contributed by atoms with Crippen molar-refractivity contribution in [1.29, 1.82) is 0 Å². The Kier molecular flexibility index (Phi) is 8.68. The lowest BCUT2D eigenvalue weighted by Gasteiger charge is -2.41. The smallest absolute Gasteiger partial charge is 0.314 e. The summed E-state index contributed by atoms with van der Waals surface area (Å²) in [6, 6.07) is -1.20. The van der Waals surface area contributed by atoms with Crippen molar-refractivity contribution in [3.8, 4) is 0 Å². The highest BCUT2D eigenvalue weighted by molar-refractivity contribution is 5.85. The van der Waals surface area contributed by atoms with Crippen molar-refractivity contribution >= 4 is 24.8 Å². The molecule has 2 aliphatic rings. The van der Waals surface area contributed by atoms with Gasteiger partial charge in [-0.3, -0.25) is 4.90 Å². The molecule has 0 aromatic rings. The minimum atomic E-state index is -4.07. The van der Waals surface area contributed by atoms with E-state index in [1.807, 2.05) is 0 Å². The molecule has 1 aliphatic carbocycles. The topological polar surface area (TPSA) is 15.3 Å². The van der Waals surface area contributed by atoms with Crippen molar-refractivity contribution in [2.75, 3.05) is 26.2 Å². The molecule has 1 heterocycles. The van der Waals surface area contributed by atoms with E-state index in [-0.39, 0.29) is 30.7 Å². The summed E-state index contributed by atoms with van der Waals surface area (Å²) in [6.45, 7) is 2.42. The van der Waals surface area contributed by atoms with Crippen LogP contribution in [0.25, 0.3) is 0 Å². The Labute approximate surface area is 125 Å². The fourth-order valence-electron chi connectivity index (χ4n) is 3.18. The van der Waals surface area contributed by atoms with Crippen LogP contribution < -0.4 is 5.32 Å². The number of rotatable bonds is 2. The van der Waals surface area contributed by atoms with Gasteiger partial charge in [0.05, 0.1) is 0 Å². The molecule has 0 bridgehead atoms. The molecule has 1 aliphatic heterocycles. The maximum absolute atomic E-state index is 13.2. The van der Waals surface area contributed by atoms with Crippen molar-refractivity contribution in [3.63, 3.8) is 0 Å². The van der Waals surface area contributed by atoms with Crippen LogP contribution in [0.2, 0.25) is 0 Å². The van der Waals surface area contributed by atoms with Gasteiger partial charge >= 0.3 is 6.18 Å². The number of piperazine rings is 1. The molecule has 0 spiro atoms. The van der Waals surface area contributed by atoms with Gasteiger partial charge in [0.25, 0.3) is 0 Å². The maximum atomic E-state index is 13.2. The molecule has 2 nitrogen and oxygen atoms in total. The van der Waals surface area contributed by atoms with Gasteiger partial charge in [0, 0.05) is 26.2 Å². The van der Waals surface area contributed by atoms with Gasteiger partial charge in [-0.15, -0.1) is 24.8 Å². The first-order chi connectivity index (χ1) is 8.09. The Bertz CT molecular complexity index is 222. The Morgan fingerprint density at radius 1 is 0.947 bits per heavy atom. The van der Waals surface area contributed by atoms with Crippen molar-refractivity contribution in [2.45, 2.75) is 44.3 Å². The van der Waals surface area contributed by atoms with Crippen LogP contribution in [0.5, 0.6) is 0 Å². The third-order valence-corrected chi connectivity index (χ3v) is 3.98. The Morgan fingerprint density at radius 2 is 1.47 bits per heavy atom. The average molecular weight is 323 g/mol. The summed E-state index contributed by atoms with van der Waals surface area (Å²) in [7, 11) is 0. The van der Waals surface area contributed by atoms with Crippen LogP contribution in [0.3, 0.4) is 0 Å². The van der Waals surface area contributed by atoms with Crippen LogP contribution in [0, 0.1) is 5.92 Å². The van der Waals surface area contributed by atoms with Crippen LogP contribution >= 0.6 is 24.8 Å². The summed E-state index contributed by atoms with van der Waals surface area (Å²) in [5.74, 6) is -0.179. The molecule has 2 fully saturated rings. The standard InChI is InChI=1S/C12H21F3N2.2ClH/c13-12(14,15)11(10-4-2-1-3-5-10)17-8-6-16-7-9-17;;/h10-11,16H,1-9H2;2*1H/t11-;;/m1../s1. The Morgan fingerprint density at radius 3 is 1.95 bits per heavy atom. The third kappa shape index (κ3) is 5.29. The molecule has 0 aromatic carbocycles. The normalized spacial score (nSPS) is 24.2. The molecule has 0 unspecified atom stereocenters. The van der Waals surface area contributed by atoms with Crippen molar-refractivity contribution in [1.82, 2.24) is 10.2 Å². The molecule has 0 aromatic heterocycles. The first-order valence-electron chi connectivity index (χ1n) is 6.60. The zero-order valence-electron chi connectivity index (χ0n) is 10.9. The lowest BCUT2D eigenvalue weighted by Crippen LogP contribution is -2.56. The lowest BCUT2D eigenvalue weighted by atomic mass is 9.82. The number of halogens is 5. The van der Waals surface area contributed by atoms with Gasteiger partial charge in [-0.25, -0.2) is 0 Å². The molecule has 0 amide bonds. The summed E-state index contributed by atoms with van der Waals surface area (Å²) in [5.41, 5.74) is 0. The van der Waals surface area contributed by atoms with Crippen LogP contribution in [0.15, 0.2) is 0 Å². The fourth-order valence-corrected chi connectivity index (χ4v) is 3.18. The van der Waals surface area contributed by atoms with Gasteiger partial charge in [-0.2, -0.15) is 13.2 Å². The molecule has 0 radical (unpaired) electrons. The quantitative estimate of drug-likeness (QED) is 0.839. The van der Waals surface area contributed by atoms with Gasteiger partial charge in [-0.05, 0) is 18.8 Å².